The van der Waals surface area contributed by atoms with E-state index < -0.39 is 0 Å². The smallest absolute Gasteiger partial charge is 0.142 e. The molecule has 2 rings (SSSR count). The number of carbonyl (C=O) groups is 1. The third kappa shape index (κ3) is 3.15. The van der Waals surface area contributed by atoms with Crippen molar-refractivity contribution in [3.8, 4) is 0 Å². The van der Waals surface area contributed by atoms with Gasteiger partial charge in [0.25, 0.3) is 0 Å². The molecule has 0 amide bonds. The molecule has 1 heterocycles. The topological polar surface area (TPSA) is 30.0 Å². The fraction of sp³-hybridized carbons (Fsp3) is 0.714. The number of aryl methyl sites for hydroxylation is 2. The van der Waals surface area contributed by atoms with E-state index in [1.54, 1.807) is 11.3 Å². The van der Waals surface area contributed by atoms with Crippen LogP contribution in [0.4, 0.5) is 0 Å². The first-order valence-corrected chi connectivity index (χ1v) is 7.33. The number of nitrogens with zero attached hydrogens (tertiary/aromatic N) is 1. The summed E-state index contributed by atoms with van der Waals surface area (Å²) in [6.07, 6.45) is 5.16. The number of thiazole rings is 1. The Labute approximate surface area is 107 Å². The van der Waals surface area contributed by atoms with Crippen molar-refractivity contribution in [2.24, 2.45) is 11.8 Å². The molecule has 94 valence electrons. The summed E-state index contributed by atoms with van der Waals surface area (Å²) in [6, 6.07) is 0. The molecule has 1 aliphatic rings. The number of ketones is 1. The zero-order valence-corrected chi connectivity index (χ0v) is 11.8. The summed E-state index contributed by atoms with van der Waals surface area (Å²) < 4.78 is 0. The number of aromatic nitrogens is 1. The molecule has 0 aromatic carbocycles. The third-order valence-electron chi connectivity index (χ3n) is 3.87. The lowest BCUT2D eigenvalue weighted by atomic mass is 9.80. The van der Waals surface area contributed by atoms with Crippen LogP contribution < -0.4 is 0 Å². The lowest BCUT2D eigenvalue weighted by molar-refractivity contribution is -0.123. The predicted octanol–water partition coefficient (Wildman–Crippen LogP) is 3.70. The largest absolute Gasteiger partial charge is 0.299 e. The summed E-state index contributed by atoms with van der Waals surface area (Å²) in [4.78, 5) is 17.9. The maximum absolute atomic E-state index is 12.2. The molecular weight excluding hydrogens is 230 g/mol. The van der Waals surface area contributed by atoms with Crippen molar-refractivity contribution < 1.29 is 4.79 Å². The molecule has 2 nitrogen and oxygen atoms in total. The summed E-state index contributed by atoms with van der Waals surface area (Å²) in [5, 5.41) is 1.00. The van der Waals surface area contributed by atoms with Gasteiger partial charge in [-0.15, -0.1) is 11.3 Å². The number of hydrogen-bond acceptors (Lipinski definition) is 3. The molecular formula is C14H21NOS. The average Bonchev–Trinajstić information content (AvgIpc) is 2.58. The Bertz CT molecular complexity index is 383. The van der Waals surface area contributed by atoms with Crippen LogP contribution in [0.5, 0.6) is 0 Å². The van der Waals surface area contributed by atoms with E-state index in [1.165, 1.54) is 17.7 Å². The van der Waals surface area contributed by atoms with Crippen LogP contribution in [0.3, 0.4) is 0 Å². The Morgan fingerprint density at radius 3 is 2.47 bits per heavy atom. The van der Waals surface area contributed by atoms with E-state index in [2.05, 4.69) is 18.8 Å². The van der Waals surface area contributed by atoms with E-state index in [9.17, 15) is 4.79 Å². The number of rotatable bonds is 3. The van der Waals surface area contributed by atoms with Gasteiger partial charge in [-0.25, -0.2) is 4.98 Å². The Kier molecular flexibility index (Phi) is 3.97. The van der Waals surface area contributed by atoms with Crippen molar-refractivity contribution >= 4 is 17.1 Å². The van der Waals surface area contributed by atoms with Gasteiger partial charge in [-0.2, -0.15) is 0 Å². The van der Waals surface area contributed by atoms with Gasteiger partial charge < -0.3 is 0 Å². The first kappa shape index (κ1) is 12.7. The maximum atomic E-state index is 12.2. The van der Waals surface area contributed by atoms with Crippen LogP contribution in [0.15, 0.2) is 0 Å². The minimum absolute atomic E-state index is 0.302. The van der Waals surface area contributed by atoms with Gasteiger partial charge in [-0.05, 0) is 32.6 Å². The highest BCUT2D eigenvalue weighted by Gasteiger charge is 2.24. The summed E-state index contributed by atoms with van der Waals surface area (Å²) in [7, 11) is 0. The molecule has 1 saturated carbocycles. The molecule has 1 fully saturated rings. The lowest BCUT2D eigenvalue weighted by Gasteiger charge is -2.24. The molecule has 0 aliphatic heterocycles. The van der Waals surface area contributed by atoms with Gasteiger partial charge in [0.2, 0.25) is 0 Å². The average molecular weight is 251 g/mol. The Morgan fingerprint density at radius 1 is 1.29 bits per heavy atom. The minimum Gasteiger partial charge on any atom is -0.299 e. The van der Waals surface area contributed by atoms with Crippen molar-refractivity contribution in [1.82, 2.24) is 4.98 Å². The second-order valence-electron chi connectivity index (χ2n) is 5.35. The fourth-order valence-electron chi connectivity index (χ4n) is 2.49. The van der Waals surface area contributed by atoms with Gasteiger partial charge in [0, 0.05) is 10.8 Å². The molecule has 3 heteroatoms. The minimum atomic E-state index is 0.302. The second-order valence-corrected chi connectivity index (χ2v) is 6.64. The Balaban J connectivity index is 1.93. The summed E-state index contributed by atoms with van der Waals surface area (Å²) in [6.45, 7) is 6.37. The van der Waals surface area contributed by atoms with Gasteiger partial charge in [0.05, 0.1) is 12.1 Å². The summed E-state index contributed by atoms with van der Waals surface area (Å²) >= 11 is 1.68. The molecule has 0 spiro atoms. The van der Waals surface area contributed by atoms with Crippen molar-refractivity contribution in [3.63, 3.8) is 0 Å². The molecule has 1 aliphatic carbocycles. The number of hydrogen-bond donors (Lipinski definition) is 0. The van der Waals surface area contributed by atoms with E-state index in [-0.39, 0.29) is 0 Å². The van der Waals surface area contributed by atoms with Gasteiger partial charge in [0.1, 0.15) is 10.8 Å². The second kappa shape index (κ2) is 5.30. The van der Waals surface area contributed by atoms with Gasteiger partial charge in [-0.1, -0.05) is 19.8 Å². The maximum Gasteiger partial charge on any atom is 0.142 e. The van der Waals surface area contributed by atoms with Crippen LogP contribution in [0.1, 0.15) is 48.2 Å². The fourth-order valence-corrected chi connectivity index (χ4v) is 3.43. The lowest BCUT2D eigenvalue weighted by Crippen LogP contribution is -2.22. The molecule has 1 aromatic rings. The molecule has 0 N–H and O–H groups in total. The van der Waals surface area contributed by atoms with E-state index in [1.807, 2.05) is 6.92 Å². The molecule has 1 aromatic heterocycles. The van der Waals surface area contributed by atoms with Crippen molar-refractivity contribution in [3.05, 3.63) is 15.6 Å². The molecule has 17 heavy (non-hydrogen) atoms. The standard InChI is InChI=1S/C14H21NOS/c1-9-4-6-12(7-5-9)13(16)8-14-15-10(2)11(3)17-14/h9,12H,4-8H2,1-3H3. The highest BCUT2D eigenvalue weighted by Crippen LogP contribution is 2.30. The van der Waals surface area contributed by atoms with Crippen LogP contribution >= 0.6 is 11.3 Å². The molecule has 0 bridgehead atoms. The van der Waals surface area contributed by atoms with Crippen LogP contribution in [-0.4, -0.2) is 10.8 Å². The highest BCUT2D eigenvalue weighted by molar-refractivity contribution is 7.11. The van der Waals surface area contributed by atoms with E-state index in [0.29, 0.717) is 18.1 Å². The molecule has 0 unspecified atom stereocenters. The third-order valence-corrected chi connectivity index (χ3v) is 4.94. The number of Topliss-reactive ketones (excluding diaryl/α,β-unsaturated/α-hetero) is 1. The molecule has 0 atom stereocenters. The SMILES string of the molecule is Cc1nc(CC(=O)C2CCC(C)CC2)sc1C. The summed E-state index contributed by atoms with van der Waals surface area (Å²) in [5.74, 6) is 1.52. The Morgan fingerprint density at radius 2 is 1.94 bits per heavy atom. The van der Waals surface area contributed by atoms with E-state index in [4.69, 9.17) is 0 Å². The van der Waals surface area contributed by atoms with Gasteiger partial charge in [-0.3, -0.25) is 4.79 Å². The van der Waals surface area contributed by atoms with Crippen LogP contribution in [0.25, 0.3) is 0 Å². The highest BCUT2D eigenvalue weighted by atomic mass is 32.1. The zero-order chi connectivity index (χ0) is 12.4. The van der Waals surface area contributed by atoms with Crippen LogP contribution in [0.2, 0.25) is 0 Å². The predicted molar refractivity (Wildman–Crippen MR) is 71.4 cm³/mol. The molecule has 0 saturated heterocycles. The number of carbonyl (C=O) groups excluding carboxylic acids is 1. The van der Waals surface area contributed by atoms with E-state index in [0.717, 1.165) is 29.5 Å². The molecule has 0 radical (unpaired) electrons. The van der Waals surface area contributed by atoms with Crippen molar-refractivity contribution in [2.45, 2.75) is 52.9 Å². The monoisotopic (exact) mass is 251 g/mol. The normalized spacial score (nSPS) is 24.9. The zero-order valence-electron chi connectivity index (χ0n) is 11.0. The first-order valence-electron chi connectivity index (χ1n) is 6.52. The van der Waals surface area contributed by atoms with Gasteiger partial charge >= 0.3 is 0 Å². The Hall–Kier alpha value is -0.700. The van der Waals surface area contributed by atoms with Crippen LogP contribution in [0, 0.1) is 25.7 Å². The van der Waals surface area contributed by atoms with Crippen LogP contribution in [-0.2, 0) is 11.2 Å². The van der Waals surface area contributed by atoms with Gasteiger partial charge in [0.15, 0.2) is 0 Å². The quantitative estimate of drug-likeness (QED) is 0.820. The van der Waals surface area contributed by atoms with Crippen molar-refractivity contribution in [1.29, 1.82) is 0 Å². The first-order chi connectivity index (χ1) is 8.06. The van der Waals surface area contributed by atoms with Crippen molar-refractivity contribution in [2.75, 3.05) is 0 Å². The van der Waals surface area contributed by atoms with E-state index >= 15 is 0 Å². The summed E-state index contributed by atoms with van der Waals surface area (Å²) in [5.41, 5.74) is 1.08.